The number of hydrogen-bond acceptors (Lipinski definition) is 6. The Balaban J connectivity index is 1.62. The first kappa shape index (κ1) is 23.4. The maximum Gasteiger partial charge on any atom is 0.263 e. The number of benzene rings is 3. The summed E-state index contributed by atoms with van der Waals surface area (Å²) in [4.78, 5) is 13.0. The molecule has 1 N–H and O–H groups in total. The lowest BCUT2D eigenvalue weighted by molar-refractivity contribution is 0.413. The number of rotatable bonds is 6. The first-order chi connectivity index (χ1) is 17.3. The second-order valence-electron chi connectivity index (χ2n) is 8.42. The van der Waals surface area contributed by atoms with Gasteiger partial charge in [0.25, 0.3) is 15.6 Å². The van der Waals surface area contributed by atoms with E-state index in [-0.39, 0.29) is 16.3 Å². The minimum atomic E-state index is -3.90. The molecule has 0 fully saturated rings. The normalized spacial score (nSPS) is 11.5. The fraction of sp³-hybridized carbons (Fsp3) is 0.111. The molecule has 2 heterocycles. The molecule has 0 spiro atoms. The first-order valence-corrected chi connectivity index (χ1v) is 12.6. The Kier molecular flexibility index (Phi) is 5.85. The SMILES string of the molecule is COc1cc(-c2cc(C)ccc2C)ccc1-n1c(=O)ccc2cc(S(=O)(=O)Nc3ccon3)ccc21. The molecule has 182 valence electrons. The van der Waals surface area contributed by atoms with Crippen molar-refractivity contribution in [1.82, 2.24) is 9.72 Å². The molecule has 2 aromatic heterocycles. The Hall–Kier alpha value is -4.37. The quantitative estimate of drug-likeness (QED) is 0.348. The number of pyridine rings is 1. The van der Waals surface area contributed by atoms with Crippen LogP contribution in [0.3, 0.4) is 0 Å². The molecule has 0 aliphatic rings. The lowest BCUT2D eigenvalue weighted by Gasteiger charge is -2.16. The molecule has 8 nitrogen and oxygen atoms in total. The average Bonchev–Trinajstić information content (AvgIpc) is 3.37. The van der Waals surface area contributed by atoms with E-state index < -0.39 is 10.0 Å². The molecule has 5 aromatic rings. The fourth-order valence-electron chi connectivity index (χ4n) is 4.18. The van der Waals surface area contributed by atoms with Crippen molar-refractivity contribution in [3.05, 3.63) is 101 Å². The van der Waals surface area contributed by atoms with Crippen molar-refractivity contribution in [3.8, 4) is 22.6 Å². The Morgan fingerprint density at radius 1 is 0.944 bits per heavy atom. The van der Waals surface area contributed by atoms with Crippen LogP contribution in [0.5, 0.6) is 5.75 Å². The van der Waals surface area contributed by atoms with E-state index in [1.807, 2.05) is 32.0 Å². The number of aryl methyl sites for hydroxylation is 2. The zero-order valence-corrected chi connectivity index (χ0v) is 20.7. The molecular weight excluding hydrogens is 478 g/mol. The highest BCUT2D eigenvalue weighted by Gasteiger charge is 2.18. The number of nitrogens with one attached hydrogen (secondary N) is 1. The van der Waals surface area contributed by atoms with Gasteiger partial charge in [-0.3, -0.25) is 14.1 Å². The van der Waals surface area contributed by atoms with Gasteiger partial charge in [0.1, 0.15) is 12.0 Å². The summed E-state index contributed by atoms with van der Waals surface area (Å²) in [7, 11) is -2.35. The average molecular weight is 502 g/mol. The summed E-state index contributed by atoms with van der Waals surface area (Å²) < 4.78 is 39.9. The van der Waals surface area contributed by atoms with E-state index in [0.29, 0.717) is 22.3 Å². The smallest absolute Gasteiger partial charge is 0.263 e. The van der Waals surface area contributed by atoms with E-state index in [1.54, 1.807) is 19.2 Å². The topological polar surface area (TPSA) is 103 Å². The van der Waals surface area contributed by atoms with Gasteiger partial charge in [0, 0.05) is 17.5 Å². The largest absolute Gasteiger partial charge is 0.495 e. The van der Waals surface area contributed by atoms with E-state index in [9.17, 15) is 13.2 Å². The van der Waals surface area contributed by atoms with E-state index in [0.717, 1.165) is 22.3 Å². The Morgan fingerprint density at radius 3 is 2.53 bits per heavy atom. The minimum Gasteiger partial charge on any atom is -0.495 e. The summed E-state index contributed by atoms with van der Waals surface area (Å²) in [5.74, 6) is 0.598. The maximum atomic E-state index is 13.0. The van der Waals surface area contributed by atoms with Crippen LogP contribution in [-0.4, -0.2) is 25.3 Å². The van der Waals surface area contributed by atoms with Gasteiger partial charge in [-0.25, -0.2) is 8.42 Å². The van der Waals surface area contributed by atoms with E-state index in [1.165, 1.54) is 35.1 Å². The van der Waals surface area contributed by atoms with Crippen LogP contribution in [0.25, 0.3) is 27.7 Å². The highest BCUT2D eigenvalue weighted by molar-refractivity contribution is 7.92. The number of nitrogens with zero attached hydrogens (tertiary/aromatic N) is 2. The highest BCUT2D eigenvalue weighted by Crippen LogP contribution is 2.33. The van der Waals surface area contributed by atoms with Crippen molar-refractivity contribution < 1.29 is 17.7 Å². The van der Waals surface area contributed by atoms with Crippen LogP contribution in [0.15, 0.2) is 93.3 Å². The summed E-state index contributed by atoms with van der Waals surface area (Å²) in [5.41, 5.74) is 5.16. The molecule has 3 aromatic carbocycles. The molecule has 36 heavy (non-hydrogen) atoms. The van der Waals surface area contributed by atoms with Gasteiger partial charge in [0.2, 0.25) is 0 Å². The third-order valence-electron chi connectivity index (χ3n) is 5.98. The van der Waals surface area contributed by atoms with Crippen LogP contribution < -0.4 is 15.0 Å². The molecule has 0 unspecified atom stereocenters. The number of fused-ring (bicyclic) bond motifs is 1. The van der Waals surface area contributed by atoms with Gasteiger partial charge in [-0.2, -0.15) is 0 Å². The van der Waals surface area contributed by atoms with Crippen molar-refractivity contribution in [3.63, 3.8) is 0 Å². The van der Waals surface area contributed by atoms with Gasteiger partial charge in [-0.1, -0.05) is 35.0 Å². The zero-order valence-electron chi connectivity index (χ0n) is 19.8. The molecular formula is C27H23N3O5S. The Bertz CT molecular complexity index is 1760. The molecule has 0 aliphatic heterocycles. The zero-order chi connectivity index (χ0) is 25.4. The lowest BCUT2D eigenvalue weighted by atomic mass is 9.98. The first-order valence-electron chi connectivity index (χ1n) is 11.1. The summed E-state index contributed by atoms with van der Waals surface area (Å²) in [5, 5.41) is 4.16. The van der Waals surface area contributed by atoms with Gasteiger partial charge in [0.05, 0.1) is 23.2 Å². The van der Waals surface area contributed by atoms with Crippen molar-refractivity contribution in [2.75, 3.05) is 11.8 Å². The number of sulfonamides is 1. The third-order valence-corrected chi connectivity index (χ3v) is 7.33. The van der Waals surface area contributed by atoms with Crippen LogP contribution in [0, 0.1) is 13.8 Å². The van der Waals surface area contributed by atoms with E-state index in [2.05, 4.69) is 32.6 Å². The second kappa shape index (κ2) is 9.01. The van der Waals surface area contributed by atoms with Crippen LogP contribution in [0.4, 0.5) is 5.82 Å². The molecule has 0 amide bonds. The van der Waals surface area contributed by atoms with Gasteiger partial charge >= 0.3 is 0 Å². The molecule has 5 rings (SSSR count). The summed E-state index contributed by atoms with van der Waals surface area (Å²) in [6.45, 7) is 4.09. The fourth-order valence-corrected chi connectivity index (χ4v) is 5.21. The van der Waals surface area contributed by atoms with Crippen LogP contribution in [-0.2, 0) is 10.0 Å². The van der Waals surface area contributed by atoms with Crippen LogP contribution >= 0.6 is 0 Å². The molecule has 0 radical (unpaired) electrons. The van der Waals surface area contributed by atoms with Crippen molar-refractivity contribution in [2.45, 2.75) is 18.7 Å². The summed E-state index contributed by atoms with van der Waals surface area (Å²) >= 11 is 0. The van der Waals surface area contributed by atoms with E-state index >= 15 is 0 Å². The molecule has 0 bridgehead atoms. The monoisotopic (exact) mass is 501 g/mol. The van der Waals surface area contributed by atoms with E-state index in [4.69, 9.17) is 4.74 Å². The second-order valence-corrected chi connectivity index (χ2v) is 10.1. The molecule has 0 atom stereocenters. The van der Waals surface area contributed by atoms with Gasteiger partial charge in [0.15, 0.2) is 5.82 Å². The molecule has 0 saturated carbocycles. The molecule has 0 aliphatic carbocycles. The van der Waals surface area contributed by atoms with Gasteiger partial charge in [-0.15, -0.1) is 0 Å². The standard InChI is InChI=1S/C27H23N3O5S/c1-17-4-5-18(2)22(14-17)19-6-9-24(25(16-19)34-3)30-23-10-8-21(15-20(23)7-11-27(30)31)36(32,33)29-26-12-13-35-28-26/h4-16H,1-3H3,(H,28,29). The highest BCUT2D eigenvalue weighted by atomic mass is 32.2. The maximum absolute atomic E-state index is 13.0. The predicted octanol–water partition coefficient (Wildman–Crippen LogP) is 5.07. The lowest BCUT2D eigenvalue weighted by Crippen LogP contribution is -2.18. The van der Waals surface area contributed by atoms with Crippen LogP contribution in [0.1, 0.15) is 11.1 Å². The predicted molar refractivity (Wildman–Crippen MR) is 138 cm³/mol. The molecule has 9 heteroatoms. The number of ether oxygens (including phenoxy) is 1. The van der Waals surface area contributed by atoms with Crippen LogP contribution in [0.2, 0.25) is 0 Å². The number of methoxy groups -OCH3 is 1. The van der Waals surface area contributed by atoms with Crippen molar-refractivity contribution in [2.24, 2.45) is 0 Å². The van der Waals surface area contributed by atoms with Crippen molar-refractivity contribution >= 4 is 26.7 Å². The summed E-state index contributed by atoms with van der Waals surface area (Å²) in [6, 6.07) is 20.9. The van der Waals surface area contributed by atoms with Crippen molar-refractivity contribution in [1.29, 1.82) is 0 Å². The minimum absolute atomic E-state index is 0.0282. The van der Waals surface area contributed by atoms with Gasteiger partial charge < -0.3 is 9.26 Å². The number of aromatic nitrogens is 2. The Morgan fingerprint density at radius 2 is 1.78 bits per heavy atom. The third kappa shape index (κ3) is 4.25. The number of hydrogen-bond donors (Lipinski definition) is 1. The van der Waals surface area contributed by atoms with Gasteiger partial charge in [-0.05, 0) is 66.9 Å². The Labute approximate surface area is 207 Å². The summed E-state index contributed by atoms with van der Waals surface area (Å²) in [6.07, 6.45) is 1.27. The molecule has 0 saturated heterocycles. The number of anilines is 1.